The van der Waals surface area contributed by atoms with Gasteiger partial charge in [-0.05, 0) is 12.8 Å². The summed E-state index contributed by atoms with van der Waals surface area (Å²) in [7, 11) is 0. The second kappa shape index (κ2) is 14.9. The lowest BCUT2D eigenvalue weighted by atomic mass is 10.1. The largest absolute Gasteiger partial charge is 1.00 e. The van der Waals surface area contributed by atoms with E-state index in [1.807, 2.05) is 12.2 Å². The molecule has 0 saturated heterocycles. The van der Waals surface area contributed by atoms with Crippen LogP contribution in [0.5, 0.6) is 0 Å². The highest BCUT2D eigenvalue weighted by atomic mass is 79.9. The molecule has 0 bridgehead atoms. The zero-order chi connectivity index (χ0) is 11.4. The van der Waals surface area contributed by atoms with Crippen molar-refractivity contribution in [3.8, 4) is 0 Å². The molecule has 16 heavy (non-hydrogen) atoms. The molecule has 0 amide bonds. The summed E-state index contributed by atoms with van der Waals surface area (Å²) in [6.45, 7) is 11.1. The number of nitrogens with two attached hydrogens (primary N) is 1. The molecule has 0 saturated carbocycles. The fourth-order valence-corrected chi connectivity index (χ4v) is 1.82. The molecule has 0 fully saturated rings. The SMILES string of the molecule is C=CCC(CC=C)[NH2+]CCCCCCC.[Br-]. The first-order chi connectivity index (χ1) is 7.35. The third-order valence-corrected chi connectivity index (χ3v) is 2.75. The molecule has 2 heteroatoms. The summed E-state index contributed by atoms with van der Waals surface area (Å²) in [6.07, 6.45) is 13.1. The van der Waals surface area contributed by atoms with Gasteiger partial charge in [0.25, 0.3) is 0 Å². The highest BCUT2D eigenvalue weighted by Gasteiger charge is 2.06. The highest BCUT2D eigenvalue weighted by Crippen LogP contribution is 2.00. The topological polar surface area (TPSA) is 16.6 Å². The fourth-order valence-electron chi connectivity index (χ4n) is 1.82. The first-order valence-corrected chi connectivity index (χ1v) is 6.40. The average molecular weight is 290 g/mol. The molecule has 0 heterocycles. The van der Waals surface area contributed by atoms with Crippen LogP contribution in [0, 0.1) is 0 Å². The Hall–Kier alpha value is -0.0800. The van der Waals surface area contributed by atoms with Gasteiger partial charge in [0.05, 0.1) is 12.6 Å². The van der Waals surface area contributed by atoms with Crippen LogP contribution in [0.1, 0.15) is 51.9 Å². The fraction of sp³-hybridized carbons (Fsp3) is 0.714. The summed E-state index contributed by atoms with van der Waals surface area (Å²) < 4.78 is 0. The van der Waals surface area contributed by atoms with E-state index in [1.165, 1.54) is 38.6 Å². The van der Waals surface area contributed by atoms with E-state index in [-0.39, 0.29) is 17.0 Å². The molecule has 0 aromatic carbocycles. The van der Waals surface area contributed by atoms with E-state index in [2.05, 4.69) is 25.4 Å². The Morgan fingerprint density at radius 2 is 1.56 bits per heavy atom. The van der Waals surface area contributed by atoms with Gasteiger partial charge in [0.15, 0.2) is 0 Å². The van der Waals surface area contributed by atoms with Crippen LogP contribution in [-0.4, -0.2) is 12.6 Å². The zero-order valence-corrected chi connectivity index (χ0v) is 12.3. The van der Waals surface area contributed by atoms with Crippen LogP contribution in [0.4, 0.5) is 0 Å². The maximum absolute atomic E-state index is 3.80. The number of halogens is 1. The Morgan fingerprint density at radius 3 is 2.06 bits per heavy atom. The van der Waals surface area contributed by atoms with E-state index < -0.39 is 0 Å². The van der Waals surface area contributed by atoms with E-state index in [4.69, 9.17) is 0 Å². The van der Waals surface area contributed by atoms with E-state index in [0.717, 1.165) is 12.8 Å². The van der Waals surface area contributed by atoms with E-state index in [1.54, 1.807) is 0 Å². The van der Waals surface area contributed by atoms with E-state index >= 15 is 0 Å². The summed E-state index contributed by atoms with van der Waals surface area (Å²) in [5.74, 6) is 0. The summed E-state index contributed by atoms with van der Waals surface area (Å²) in [6, 6.07) is 0.672. The maximum Gasteiger partial charge on any atom is 0.0928 e. The van der Waals surface area contributed by atoms with Gasteiger partial charge in [-0.25, -0.2) is 0 Å². The molecule has 1 nitrogen and oxygen atoms in total. The molecule has 0 atom stereocenters. The lowest BCUT2D eigenvalue weighted by Gasteiger charge is -2.11. The van der Waals surface area contributed by atoms with Gasteiger partial charge in [0.2, 0.25) is 0 Å². The standard InChI is InChI=1S/C14H27N.BrH/c1-4-7-8-9-10-13-15-14(11-5-2)12-6-3;/h5-6,14-15H,2-4,7-13H2,1H3;1H. The molecule has 2 N–H and O–H groups in total. The van der Waals surface area contributed by atoms with Crippen molar-refractivity contribution in [3.63, 3.8) is 0 Å². The molecule has 0 unspecified atom stereocenters. The van der Waals surface area contributed by atoms with Crippen molar-refractivity contribution in [1.82, 2.24) is 0 Å². The Labute approximate surface area is 112 Å². The Morgan fingerprint density at radius 1 is 1.00 bits per heavy atom. The average Bonchev–Trinajstić information content (AvgIpc) is 2.24. The van der Waals surface area contributed by atoms with Crippen LogP contribution < -0.4 is 22.3 Å². The van der Waals surface area contributed by atoms with Crippen LogP contribution in [0.2, 0.25) is 0 Å². The van der Waals surface area contributed by atoms with Crippen LogP contribution in [0.25, 0.3) is 0 Å². The third-order valence-electron chi connectivity index (χ3n) is 2.75. The second-order valence-electron chi connectivity index (χ2n) is 4.25. The quantitative estimate of drug-likeness (QED) is 0.409. The molecule has 0 aromatic rings. The molecule has 0 radical (unpaired) electrons. The van der Waals surface area contributed by atoms with E-state index in [9.17, 15) is 0 Å². The van der Waals surface area contributed by atoms with Crippen molar-refractivity contribution in [1.29, 1.82) is 0 Å². The van der Waals surface area contributed by atoms with Crippen LogP contribution in [0.3, 0.4) is 0 Å². The normalized spacial score (nSPS) is 9.88. The second-order valence-corrected chi connectivity index (χ2v) is 4.25. The molecule has 0 aliphatic rings. The zero-order valence-electron chi connectivity index (χ0n) is 10.8. The van der Waals surface area contributed by atoms with Crippen molar-refractivity contribution in [2.24, 2.45) is 0 Å². The molecule has 0 rings (SSSR count). The van der Waals surface area contributed by atoms with Gasteiger partial charge in [0.1, 0.15) is 0 Å². The van der Waals surface area contributed by atoms with Gasteiger partial charge in [-0.2, -0.15) is 0 Å². The molecule has 0 spiro atoms. The number of unbranched alkanes of at least 4 members (excludes halogenated alkanes) is 4. The predicted octanol–water partition coefficient (Wildman–Crippen LogP) is 0.0450. The number of hydrogen-bond acceptors (Lipinski definition) is 0. The Kier molecular flexibility index (Phi) is 17.1. The van der Waals surface area contributed by atoms with Crippen molar-refractivity contribution in [2.75, 3.05) is 6.54 Å². The molecule has 0 aliphatic carbocycles. The predicted molar refractivity (Wildman–Crippen MR) is 69.0 cm³/mol. The summed E-state index contributed by atoms with van der Waals surface area (Å²) >= 11 is 0. The van der Waals surface area contributed by atoms with Crippen LogP contribution in [-0.2, 0) is 0 Å². The van der Waals surface area contributed by atoms with Gasteiger partial charge < -0.3 is 22.3 Å². The summed E-state index contributed by atoms with van der Waals surface area (Å²) in [4.78, 5) is 0. The Bertz CT molecular complexity index is 147. The van der Waals surface area contributed by atoms with Crippen molar-refractivity contribution < 1.29 is 22.3 Å². The van der Waals surface area contributed by atoms with Gasteiger partial charge in [-0.1, -0.05) is 38.3 Å². The minimum absolute atomic E-state index is 0. The lowest BCUT2D eigenvalue weighted by Crippen LogP contribution is -3.00. The summed E-state index contributed by atoms with van der Waals surface area (Å²) in [5, 5.41) is 2.45. The van der Waals surface area contributed by atoms with Crippen molar-refractivity contribution >= 4 is 0 Å². The number of quaternary nitrogens is 1. The van der Waals surface area contributed by atoms with Crippen molar-refractivity contribution in [2.45, 2.75) is 57.9 Å². The van der Waals surface area contributed by atoms with Gasteiger partial charge in [0, 0.05) is 12.8 Å². The molecular weight excluding hydrogens is 262 g/mol. The van der Waals surface area contributed by atoms with Gasteiger partial charge in [-0.3, -0.25) is 0 Å². The third kappa shape index (κ3) is 12.0. The maximum atomic E-state index is 3.80. The molecule has 96 valence electrons. The van der Waals surface area contributed by atoms with Crippen LogP contribution in [0.15, 0.2) is 25.3 Å². The lowest BCUT2D eigenvalue weighted by molar-refractivity contribution is -0.688. The molecule has 0 aromatic heterocycles. The van der Waals surface area contributed by atoms with Gasteiger partial charge >= 0.3 is 0 Å². The first kappa shape index (κ1) is 18.3. The number of hydrogen-bond donors (Lipinski definition) is 1. The minimum Gasteiger partial charge on any atom is -1.00 e. The highest BCUT2D eigenvalue weighted by molar-refractivity contribution is 4.78. The first-order valence-electron chi connectivity index (χ1n) is 6.40. The Balaban J connectivity index is 0. The van der Waals surface area contributed by atoms with Crippen LogP contribution >= 0.6 is 0 Å². The van der Waals surface area contributed by atoms with Gasteiger partial charge in [-0.15, -0.1) is 13.2 Å². The molecule has 0 aliphatic heterocycles. The number of rotatable bonds is 11. The molecular formula is C14H28BrN. The summed E-state index contributed by atoms with van der Waals surface area (Å²) in [5.41, 5.74) is 0. The van der Waals surface area contributed by atoms with Crippen molar-refractivity contribution in [3.05, 3.63) is 25.3 Å². The monoisotopic (exact) mass is 289 g/mol. The smallest absolute Gasteiger partial charge is 0.0928 e. The minimum atomic E-state index is 0. The van der Waals surface area contributed by atoms with E-state index in [0.29, 0.717) is 6.04 Å².